The van der Waals surface area contributed by atoms with Crippen LogP contribution >= 0.6 is 0 Å². The molecule has 0 heterocycles. The molecule has 1 aromatic rings. The molecule has 7 nitrogen and oxygen atoms in total. The SMILES string of the molecule is COc1ccc(/C=C(\C#N)C(=O)N[C@@H]2CCCC[C@@H]2C)cc1[N+](=O)[O-]. The second-order valence-corrected chi connectivity index (χ2v) is 6.20. The first-order chi connectivity index (χ1) is 12.0. The van der Waals surface area contributed by atoms with Gasteiger partial charge in [-0.15, -0.1) is 0 Å². The molecule has 0 bridgehead atoms. The molecule has 1 amide bonds. The van der Waals surface area contributed by atoms with E-state index in [0.29, 0.717) is 11.5 Å². The summed E-state index contributed by atoms with van der Waals surface area (Å²) < 4.78 is 4.95. The maximum atomic E-state index is 12.4. The van der Waals surface area contributed by atoms with E-state index in [0.717, 1.165) is 25.7 Å². The van der Waals surface area contributed by atoms with Gasteiger partial charge in [-0.1, -0.05) is 25.8 Å². The van der Waals surface area contributed by atoms with E-state index in [1.807, 2.05) is 6.07 Å². The van der Waals surface area contributed by atoms with Crippen molar-refractivity contribution in [2.24, 2.45) is 5.92 Å². The van der Waals surface area contributed by atoms with Crippen molar-refractivity contribution in [3.05, 3.63) is 39.4 Å². The number of nitro benzene ring substituents is 1. The van der Waals surface area contributed by atoms with Crippen molar-refractivity contribution < 1.29 is 14.5 Å². The molecule has 0 aromatic heterocycles. The Bertz CT molecular complexity index is 736. The lowest BCUT2D eigenvalue weighted by Crippen LogP contribution is -2.41. The van der Waals surface area contributed by atoms with Crippen LogP contribution in [-0.4, -0.2) is 24.0 Å². The number of rotatable bonds is 5. The monoisotopic (exact) mass is 343 g/mol. The Kier molecular flexibility index (Phi) is 6.12. The summed E-state index contributed by atoms with van der Waals surface area (Å²) in [4.78, 5) is 22.9. The number of ether oxygens (including phenoxy) is 1. The minimum absolute atomic E-state index is 0.0585. The van der Waals surface area contributed by atoms with Gasteiger partial charge in [-0.25, -0.2) is 0 Å². The second kappa shape index (κ2) is 8.29. The van der Waals surface area contributed by atoms with Gasteiger partial charge in [-0.2, -0.15) is 5.26 Å². The van der Waals surface area contributed by atoms with Crippen LogP contribution < -0.4 is 10.1 Å². The van der Waals surface area contributed by atoms with E-state index in [2.05, 4.69) is 12.2 Å². The molecule has 132 valence electrons. The third-order valence-electron chi connectivity index (χ3n) is 4.50. The molecule has 1 aliphatic carbocycles. The summed E-state index contributed by atoms with van der Waals surface area (Å²) in [6, 6.07) is 6.24. The lowest BCUT2D eigenvalue weighted by molar-refractivity contribution is -0.385. The van der Waals surface area contributed by atoms with Gasteiger partial charge in [0.05, 0.1) is 12.0 Å². The zero-order chi connectivity index (χ0) is 18.4. The highest BCUT2D eigenvalue weighted by molar-refractivity contribution is 6.01. The van der Waals surface area contributed by atoms with Gasteiger partial charge in [0.2, 0.25) is 0 Å². The van der Waals surface area contributed by atoms with E-state index in [9.17, 15) is 20.2 Å². The van der Waals surface area contributed by atoms with Crippen molar-refractivity contribution in [3.63, 3.8) is 0 Å². The fourth-order valence-corrected chi connectivity index (χ4v) is 3.03. The number of nitrogens with one attached hydrogen (secondary N) is 1. The number of benzene rings is 1. The number of carbonyl (C=O) groups excluding carboxylic acids is 1. The van der Waals surface area contributed by atoms with Crippen molar-refractivity contribution in [1.29, 1.82) is 5.26 Å². The molecule has 1 fully saturated rings. The average Bonchev–Trinajstić information content (AvgIpc) is 2.61. The third kappa shape index (κ3) is 4.57. The standard InChI is InChI=1S/C18H21N3O4/c1-12-5-3-4-6-15(12)20-18(22)14(11-19)9-13-7-8-17(25-2)16(10-13)21(23)24/h7-10,12,15H,3-6H2,1-2H3,(H,20,22)/b14-9+/t12-,15+/m0/s1. The molecule has 2 atom stereocenters. The van der Waals surface area contributed by atoms with Crippen molar-refractivity contribution in [2.75, 3.05) is 7.11 Å². The van der Waals surface area contributed by atoms with Gasteiger partial charge in [0, 0.05) is 12.1 Å². The van der Waals surface area contributed by atoms with Crippen molar-refractivity contribution in [1.82, 2.24) is 5.32 Å². The van der Waals surface area contributed by atoms with Gasteiger partial charge in [0.1, 0.15) is 11.6 Å². The maximum absolute atomic E-state index is 12.4. The summed E-state index contributed by atoms with van der Waals surface area (Å²) in [6.45, 7) is 2.09. The molecule has 0 radical (unpaired) electrons. The Balaban J connectivity index is 2.22. The minimum atomic E-state index is -0.563. The molecule has 0 saturated heterocycles. The smallest absolute Gasteiger partial charge is 0.311 e. The highest BCUT2D eigenvalue weighted by Gasteiger charge is 2.24. The normalized spacial score (nSPS) is 20.4. The summed E-state index contributed by atoms with van der Waals surface area (Å²) in [6.07, 6.45) is 5.53. The van der Waals surface area contributed by atoms with E-state index >= 15 is 0 Å². The van der Waals surface area contributed by atoms with Gasteiger partial charge in [-0.05, 0) is 36.5 Å². The van der Waals surface area contributed by atoms with Crippen LogP contribution in [0.1, 0.15) is 38.2 Å². The van der Waals surface area contributed by atoms with E-state index in [1.165, 1.54) is 25.3 Å². The van der Waals surface area contributed by atoms with Gasteiger partial charge < -0.3 is 10.1 Å². The Labute approximate surface area is 146 Å². The van der Waals surface area contributed by atoms with Crippen molar-refractivity contribution >= 4 is 17.7 Å². The quantitative estimate of drug-likeness (QED) is 0.382. The minimum Gasteiger partial charge on any atom is -0.490 e. The molecule has 7 heteroatoms. The molecule has 2 rings (SSSR count). The van der Waals surface area contributed by atoms with Crippen molar-refractivity contribution in [3.8, 4) is 11.8 Å². The van der Waals surface area contributed by atoms with E-state index in [4.69, 9.17) is 4.74 Å². The van der Waals surface area contributed by atoms with Crippen LogP contribution in [0.3, 0.4) is 0 Å². The van der Waals surface area contributed by atoms with Crippen LogP contribution in [0.2, 0.25) is 0 Å². The first-order valence-corrected chi connectivity index (χ1v) is 8.21. The Hall–Kier alpha value is -2.88. The summed E-state index contributed by atoms with van der Waals surface area (Å²) in [5.74, 6) is 0.0561. The molecule has 0 spiro atoms. The molecule has 1 aliphatic rings. The number of nitro groups is 1. The Morgan fingerprint density at radius 3 is 2.76 bits per heavy atom. The predicted molar refractivity (Wildman–Crippen MR) is 92.8 cm³/mol. The molecular weight excluding hydrogens is 322 g/mol. The summed E-state index contributed by atoms with van der Waals surface area (Å²) >= 11 is 0. The van der Waals surface area contributed by atoms with Crippen molar-refractivity contribution in [2.45, 2.75) is 38.6 Å². The highest BCUT2D eigenvalue weighted by Crippen LogP contribution is 2.28. The number of carbonyl (C=O) groups is 1. The maximum Gasteiger partial charge on any atom is 0.311 e. The lowest BCUT2D eigenvalue weighted by atomic mass is 9.86. The van der Waals surface area contributed by atoms with Gasteiger partial charge in [0.25, 0.3) is 5.91 Å². The summed E-state index contributed by atoms with van der Waals surface area (Å²) in [5.41, 5.74) is 0.114. The summed E-state index contributed by atoms with van der Waals surface area (Å²) in [7, 11) is 1.34. The van der Waals surface area contributed by atoms with Crippen LogP contribution in [0.25, 0.3) is 6.08 Å². The number of methoxy groups -OCH3 is 1. The van der Waals surface area contributed by atoms with E-state index in [1.54, 1.807) is 6.07 Å². The molecule has 1 N–H and O–H groups in total. The number of nitriles is 1. The molecule has 1 aromatic carbocycles. The average molecular weight is 343 g/mol. The van der Waals surface area contributed by atoms with Crippen LogP contribution in [0.4, 0.5) is 5.69 Å². The molecule has 0 unspecified atom stereocenters. The highest BCUT2D eigenvalue weighted by atomic mass is 16.6. The van der Waals surface area contributed by atoms with Gasteiger partial charge in [-0.3, -0.25) is 14.9 Å². The zero-order valence-corrected chi connectivity index (χ0v) is 14.3. The van der Waals surface area contributed by atoms with Crippen LogP contribution in [0.5, 0.6) is 5.75 Å². The van der Waals surface area contributed by atoms with Crippen LogP contribution in [0, 0.1) is 27.4 Å². The van der Waals surface area contributed by atoms with E-state index < -0.39 is 10.8 Å². The van der Waals surface area contributed by atoms with Gasteiger partial charge >= 0.3 is 5.69 Å². The lowest BCUT2D eigenvalue weighted by Gasteiger charge is -2.29. The predicted octanol–water partition coefficient (Wildman–Crippen LogP) is 3.21. The topological polar surface area (TPSA) is 105 Å². The molecular formula is C18H21N3O4. The molecule has 0 aliphatic heterocycles. The second-order valence-electron chi connectivity index (χ2n) is 6.20. The third-order valence-corrected chi connectivity index (χ3v) is 4.50. The van der Waals surface area contributed by atoms with Crippen LogP contribution in [-0.2, 0) is 4.79 Å². The number of nitrogens with zero attached hydrogens (tertiary/aromatic N) is 2. The van der Waals surface area contributed by atoms with Crippen LogP contribution in [0.15, 0.2) is 23.8 Å². The zero-order valence-electron chi connectivity index (χ0n) is 14.3. The Morgan fingerprint density at radius 1 is 1.44 bits per heavy atom. The largest absolute Gasteiger partial charge is 0.490 e. The molecule has 25 heavy (non-hydrogen) atoms. The van der Waals surface area contributed by atoms with Gasteiger partial charge in [0.15, 0.2) is 5.75 Å². The summed E-state index contributed by atoms with van der Waals surface area (Å²) in [5, 5.41) is 23.3. The fourth-order valence-electron chi connectivity index (χ4n) is 3.03. The van der Waals surface area contributed by atoms with E-state index in [-0.39, 0.29) is 23.1 Å². The number of amides is 1. The number of hydrogen-bond donors (Lipinski definition) is 1. The fraction of sp³-hybridized carbons (Fsp3) is 0.444. The number of hydrogen-bond acceptors (Lipinski definition) is 5. The molecule has 1 saturated carbocycles. The Morgan fingerprint density at radius 2 is 2.16 bits per heavy atom. The first-order valence-electron chi connectivity index (χ1n) is 8.21. The first kappa shape index (κ1) is 18.5.